The van der Waals surface area contributed by atoms with Crippen LogP contribution < -0.4 is 5.32 Å². The normalized spacial score (nSPS) is 26.0. The van der Waals surface area contributed by atoms with E-state index in [0.29, 0.717) is 18.1 Å². The highest BCUT2D eigenvalue weighted by Crippen LogP contribution is 2.15. The van der Waals surface area contributed by atoms with Gasteiger partial charge in [-0.05, 0) is 45.2 Å². The summed E-state index contributed by atoms with van der Waals surface area (Å²) in [4.78, 5) is 2.60. The molecule has 1 aliphatic heterocycles. The molecule has 1 aliphatic rings. The van der Waals surface area contributed by atoms with Gasteiger partial charge in [0.2, 0.25) is 0 Å². The minimum absolute atomic E-state index is 0.380. The van der Waals surface area contributed by atoms with Gasteiger partial charge in [-0.1, -0.05) is 20.8 Å². The van der Waals surface area contributed by atoms with Crippen molar-refractivity contribution in [2.24, 2.45) is 11.8 Å². The van der Waals surface area contributed by atoms with Gasteiger partial charge in [-0.15, -0.1) is 0 Å². The van der Waals surface area contributed by atoms with Crippen molar-refractivity contribution in [3.05, 3.63) is 0 Å². The first-order chi connectivity index (χ1) is 8.50. The van der Waals surface area contributed by atoms with E-state index in [-0.39, 0.29) is 0 Å². The van der Waals surface area contributed by atoms with Crippen LogP contribution in [0.1, 0.15) is 41.0 Å². The predicted molar refractivity (Wildman–Crippen MR) is 77.9 cm³/mol. The van der Waals surface area contributed by atoms with Crippen LogP contribution in [0, 0.1) is 11.8 Å². The van der Waals surface area contributed by atoms with E-state index in [0.717, 1.165) is 32.2 Å². The van der Waals surface area contributed by atoms with E-state index in [1.54, 1.807) is 0 Å². The maximum atomic E-state index is 5.72. The van der Waals surface area contributed by atoms with Crippen LogP contribution in [-0.2, 0) is 4.74 Å². The Labute approximate surface area is 113 Å². The van der Waals surface area contributed by atoms with Crippen LogP contribution in [0.5, 0.6) is 0 Å². The van der Waals surface area contributed by atoms with Gasteiger partial charge in [0.05, 0.1) is 6.10 Å². The van der Waals surface area contributed by atoms with Gasteiger partial charge in [0.15, 0.2) is 0 Å². The Balaban J connectivity index is 2.34. The van der Waals surface area contributed by atoms with E-state index in [1.807, 2.05) is 0 Å². The van der Waals surface area contributed by atoms with E-state index in [2.05, 4.69) is 44.8 Å². The molecule has 1 saturated heterocycles. The Bertz CT molecular complexity index is 221. The average molecular weight is 256 g/mol. The van der Waals surface area contributed by atoms with Crippen LogP contribution in [0.4, 0.5) is 0 Å². The highest BCUT2D eigenvalue weighted by Gasteiger charge is 2.23. The summed E-state index contributed by atoms with van der Waals surface area (Å²) in [6.07, 6.45) is 1.55. The first-order valence-corrected chi connectivity index (χ1v) is 7.57. The quantitative estimate of drug-likeness (QED) is 0.789. The Kier molecular flexibility index (Phi) is 7.20. The van der Waals surface area contributed by atoms with Crippen molar-refractivity contribution >= 4 is 0 Å². The van der Waals surface area contributed by atoms with E-state index < -0.39 is 0 Å². The highest BCUT2D eigenvalue weighted by molar-refractivity contribution is 4.78. The lowest BCUT2D eigenvalue weighted by Crippen LogP contribution is -2.44. The molecule has 18 heavy (non-hydrogen) atoms. The van der Waals surface area contributed by atoms with Crippen molar-refractivity contribution in [2.45, 2.75) is 53.2 Å². The van der Waals surface area contributed by atoms with E-state index in [9.17, 15) is 0 Å². The SMILES string of the molecule is CC(C)CNCC(C)C(C)N1CCCOC(C)C1. The summed E-state index contributed by atoms with van der Waals surface area (Å²) in [5.74, 6) is 1.42. The second-order valence-corrected chi connectivity index (χ2v) is 6.30. The molecule has 0 radical (unpaired) electrons. The van der Waals surface area contributed by atoms with Crippen LogP contribution in [0.2, 0.25) is 0 Å². The summed E-state index contributed by atoms with van der Waals surface area (Å²) >= 11 is 0. The lowest BCUT2D eigenvalue weighted by Gasteiger charge is -2.33. The van der Waals surface area contributed by atoms with Crippen molar-refractivity contribution in [1.29, 1.82) is 0 Å². The largest absolute Gasteiger partial charge is 0.377 e. The van der Waals surface area contributed by atoms with Crippen LogP contribution in [-0.4, -0.2) is 49.8 Å². The van der Waals surface area contributed by atoms with E-state index in [1.165, 1.54) is 13.0 Å². The fraction of sp³-hybridized carbons (Fsp3) is 1.00. The third kappa shape index (κ3) is 5.68. The van der Waals surface area contributed by atoms with E-state index >= 15 is 0 Å². The number of rotatable bonds is 6. The molecule has 1 N–H and O–H groups in total. The molecule has 0 aromatic heterocycles. The lowest BCUT2D eigenvalue weighted by atomic mass is 10.0. The first kappa shape index (κ1) is 15.9. The fourth-order valence-electron chi connectivity index (χ4n) is 2.53. The summed E-state index contributed by atoms with van der Waals surface area (Å²) in [6.45, 7) is 16.8. The molecular weight excluding hydrogens is 224 g/mol. The Morgan fingerprint density at radius 1 is 1.22 bits per heavy atom. The number of ether oxygens (including phenoxy) is 1. The standard InChI is InChI=1S/C15H32N2O/c1-12(2)9-16-10-13(3)15(5)17-7-6-8-18-14(4)11-17/h12-16H,6-11H2,1-5H3. The van der Waals surface area contributed by atoms with Gasteiger partial charge in [0, 0.05) is 25.7 Å². The number of hydrogen-bond acceptors (Lipinski definition) is 3. The third-order valence-corrected chi connectivity index (χ3v) is 3.90. The molecule has 0 spiro atoms. The summed E-state index contributed by atoms with van der Waals surface area (Å²) in [6, 6.07) is 0.633. The van der Waals surface area contributed by atoms with Gasteiger partial charge in [-0.2, -0.15) is 0 Å². The van der Waals surface area contributed by atoms with Crippen LogP contribution >= 0.6 is 0 Å². The van der Waals surface area contributed by atoms with Crippen LogP contribution in [0.15, 0.2) is 0 Å². The zero-order valence-corrected chi connectivity index (χ0v) is 12.9. The molecule has 0 saturated carbocycles. The molecule has 1 rings (SSSR count). The molecular formula is C15H32N2O. The maximum Gasteiger partial charge on any atom is 0.0674 e. The number of nitrogens with one attached hydrogen (secondary N) is 1. The molecule has 0 aromatic carbocycles. The van der Waals surface area contributed by atoms with Gasteiger partial charge < -0.3 is 10.1 Å². The van der Waals surface area contributed by atoms with Crippen molar-refractivity contribution < 1.29 is 4.74 Å². The topological polar surface area (TPSA) is 24.5 Å². The van der Waals surface area contributed by atoms with Crippen LogP contribution in [0.25, 0.3) is 0 Å². The summed E-state index contributed by atoms with van der Waals surface area (Å²) in [5.41, 5.74) is 0. The molecule has 0 aliphatic carbocycles. The second kappa shape index (κ2) is 8.13. The van der Waals surface area contributed by atoms with Gasteiger partial charge in [-0.3, -0.25) is 4.90 Å². The van der Waals surface area contributed by atoms with Gasteiger partial charge in [0.25, 0.3) is 0 Å². The Morgan fingerprint density at radius 2 is 1.94 bits per heavy atom. The van der Waals surface area contributed by atoms with Crippen molar-refractivity contribution in [1.82, 2.24) is 10.2 Å². The summed E-state index contributed by atoms with van der Waals surface area (Å²) in [7, 11) is 0. The molecule has 0 aromatic rings. The minimum Gasteiger partial charge on any atom is -0.377 e. The van der Waals surface area contributed by atoms with Gasteiger partial charge in [-0.25, -0.2) is 0 Å². The van der Waals surface area contributed by atoms with Crippen molar-refractivity contribution in [3.8, 4) is 0 Å². The van der Waals surface area contributed by atoms with E-state index in [4.69, 9.17) is 4.74 Å². The molecule has 3 heteroatoms. The highest BCUT2D eigenvalue weighted by atomic mass is 16.5. The fourth-order valence-corrected chi connectivity index (χ4v) is 2.53. The third-order valence-electron chi connectivity index (χ3n) is 3.90. The Morgan fingerprint density at radius 3 is 2.61 bits per heavy atom. The molecule has 3 unspecified atom stereocenters. The predicted octanol–water partition coefficient (Wildman–Crippen LogP) is 2.37. The molecule has 3 atom stereocenters. The number of nitrogens with zero attached hydrogens (tertiary/aromatic N) is 1. The summed E-state index contributed by atoms with van der Waals surface area (Å²) < 4.78 is 5.72. The molecule has 0 amide bonds. The molecule has 0 bridgehead atoms. The molecule has 3 nitrogen and oxygen atoms in total. The van der Waals surface area contributed by atoms with Gasteiger partial charge >= 0.3 is 0 Å². The molecule has 108 valence electrons. The van der Waals surface area contributed by atoms with Crippen molar-refractivity contribution in [2.75, 3.05) is 32.8 Å². The molecule has 1 heterocycles. The zero-order valence-electron chi connectivity index (χ0n) is 12.9. The average Bonchev–Trinajstić information content (AvgIpc) is 2.52. The maximum absolute atomic E-state index is 5.72. The van der Waals surface area contributed by atoms with Gasteiger partial charge in [0.1, 0.15) is 0 Å². The first-order valence-electron chi connectivity index (χ1n) is 7.57. The second-order valence-electron chi connectivity index (χ2n) is 6.30. The zero-order chi connectivity index (χ0) is 13.5. The minimum atomic E-state index is 0.380. The monoisotopic (exact) mass is 256 g/mol. The Hall–Kier alpha value is -0.120. The van der Waals surface area contributed by atoms with Crippen LogP contribution in [0.3, 0.4) is 0 Å². The number of hydrogen-bond donors (Lipinski definition) is 1. The van der Waals surface area contributed by atoms with Crippen molar-refractivity contribution in [3.63, 3.8) is 0 Å². The smallest absolute Gasteiger partial charge is 0.0674 e. The molecule has 1 fully saturated rings. The summed E-state index contributed by atoms with van der Waals surface area (Å²) in [5, 5.41) is 3.57. The lowest BCUT2D eigenvalue weighted by molar-refractivity contribution is 0.0567.